The molecule has 1 N–H and O–H groups in total. The first-order valence-corrected chi connectivity index (χ1v) is 4.13. The highest BCUT2D eigenvalue weighted by molar-refractivity contribution is 5.58. The van der Waals surface area contributed by atoms with Crippen LogP contribution in [-0.4, -0.2) is 10.0 Å². The van der Waals surface area contributed by atoms with Crippen molar-refractivity contribution in [2.24, 2.45) is 0 Å². The molecule has 0 aliphatic carbocycles. The lowest BCUT2D eigenvalue weighted by Gasteiger charge is -1.99. The molecule has 1 aromatic carbocycles. The second-order valence-corrected chi connectivity index (χ2v) is 3.11. The van der Waals surface area contributed by atoms with Gasteiger partial charge in [0.05, 0.1) is 4.92 Å². The van der Waals surface area contributed by atoms with Crippen molar-refractivity contribution in [3.63, 3.8) is 0 Å². The third-order valence-corrected chi connectivity index (χ3v) is 1.84. The SMILES string of the molecule is CC(=Cc1cc(C)ccc1O)[N+](=O)[O-]. The number of nitrogens with zero attached hydrogens (tertiary/aromatic N) is 1. The lowest BCUT2D eigenvalue weighted by Crippen LogP contribution is -1.93. The summed E-state index contributed by atoms with van der Waals surface area (Å²) in [5, 5.41) is 19.8. The fourth-order valence-electron chi connectivity index (χ4n) is 1.07. The van der Waals surface area contributed by atoms with Crippen molar-refractivity contribution < 1.29 is 10.0 Å². The summed E-state index contributed by atoms with van der Waals surface area (Å²) in [7, 11) is 0. The van der Waals surface area contributed by atoms with Crippen LogP contribution in [0.2, 0.25) is 0 Å². The summed E-state index contributed by atoms with van der Waals surface area (Å²) in [5.41, 5.74) is 1.43. The Morgan fingerprint density at radius 3 is 2.79 bits per heavy atom. The van der Waals surface area contributed by atoms with Crippen LogP contribution in [0, 0.1) is 17.0 Å². The van der Waals surface area contributed by atoms with Gasteiger partial charge in [0, 0.05) is 18.6 Å². The van der Waals surface area contributed by atoms with Crippen LogP contribution < -0.4 is 0 Å². The van der Waals surface area contributed by atoms with E-state index in [0.717, 1.165) is 5.56 Å². The van der Waals surface area contributed by atoms with E-state index in [-0.39, 0.29) is 11.4 Å². The van der Waals surface area contributed by atoms with Gasteiger partial charge in [0.15, 0.2) is 0 Å². The Labute approximate surface area is 81.6 Å². The van der Waals surface area contributed by atoms with Crippen LogP contribution in [-0.2, 0) is 0 Å². The molecule has 0 fully saturated rings. The molecule has 74 valence electrons. The molecule has 0 unspecified atom stereocenters. The van der Waals surface area contributed by atoms with E-state index in [1.807, 2.05) is 6.92 Å². The number of nitro groups is 1. The molecule has 0 heterocycles. The predicted octanol–water partition coefficient (Wildman–Crippen LogP) is 2.34. The zero-order chi connectivity index (χ0) is 10.7. The predicted molar refractivity (Wildman–Crippen MR) is 53.5 cm³/mol. The third kappa shape index (κ3) is 2.32. The summed E-state index contributed by atoms with van der Waals surface area (Å²) in [6, 6.07) is 4.96. The van der Waals surface area contributed by atoms with E-state index < -0.39 is 4.92 Å². The average molecular weight is 193 g/mol. The molecule has 1 aromatic rings. The monoisotopic (exact) mass is 193 g/mol. The van der Waals surface area contributed by atoms with Crippen LogP contribution in [0.3, 0.4) is 0 Å². The van der Waals surface area contributed by atoms with E-state index >= 15 is 0 Å². The van der Waals surface area contributed by atoms with E-state index in [9.17, 15) is 15.2 Å². The minimum atomic E-state index is -0.484. The number of aryl methyl sites for hydroxylation is 1. The van der Waals surface area contributed by atoms with Crippen LogP contribution in [0.4, 0.5) is 0 Å². The van der Waals surface area contributed by atoms with Crippen molar-refractivity contribution in [1.82, 2.24) is 0 Å². The second kappa shape index (κ2) is 3.91. The quantitative estimate of drug-likeness (QED) is 0.579. The Hall–Kier alpha value is -1.84. The molecule has 0 aromatic heterocycles. The van der Waals surface area contributed by atoms with Gasteiger partial charge in [-0.05, 0) is 19.1 Å². The third-order valence-electron chi connectivity index (χ3n) is 1.84. The lowest BCUT2D eigenvalue weighted by molar-refractivity contribution is -0.422. The minimum absolute atomic E-state index is 0.00546. The summed E-state index contributed by atoms with van der Waals surface area (Å²) in [4.78, 5) is 9.87. The van der Waals surface area contributed by atoms with Crippen LogP contribution in [0.1, 0.15) is 18.1 Å². The first-order chi connectivity index (χ1) is 6.50. The van der Waals surface area contributed by atoms with E-state index in [1.54, 1.807) is 12.1 Å². The van der Waals surface area contributed by atoms with Gasteiger partial charge in [0.2, 0.25) is 5.70 Å². The molecule has 0 saturated carbocycles. The van der Waals surface area contributed by atoms with Gasteiger partial charge < -0.3 is 5.11 Å². The number of phenolic OH excluding ortho intramolecular Hbond substituents is 1. The van der Waals surface area contributed by atoms with Crippen molar-refractivity contribution in [1.29, 1.82) is 0 Å². The smallest absolute Gasteiger partial charge is 0.243 e. The second-order valence-electron chi connectivity index (χ2n) is 3.11. The molecule has 0 spiro atoms. The Balaban J connectivity index is 3.13. The molecule has 4 heteroatoms. The highest BCUT2D eigenvalue weighted by Gasteiger charge is 2.05. The van der Waals surface area contributed by atoms with Gasteiger partial charge in [0.25, 0.3) is 0 Å². The fraction of sp³-hybridized carbons (Fsp3) is 0.200. The minimum Gasteiger partial charge on any atom is -0.507 e. The van der Waals surface area contributed by atoms with Crippen molar-refractivity contribution in [2.75, 3.05) is 0 Å². The Morgan fingerprint density at radius 2 is 2.21 bits per heavy atom. The number of benzene rings is 1. The maximum Gasteiger partial charge on any atom is 0.243 e. The van der Waals surface area contributed by atoms with Gasteiger partial charge in [-0.15, -0.1) is 0 Å². The van der Waals surface area contributed by atoms with Crippen molar-refractivity contribution in [3.05, 3.63) is 45.1 Å². The summed E-state index contributed by atoms with van der Waals surface area (Å²) in [5.74, 6) is 0.0526. The first-order valence-electron chi connectivity index (χ1n) is 4.13. The maximum atomic E-state index is 10.4. The number of rotatable bonds is 2. The molecule has 4 nitrogen and oxygen atoms in total. The molecule has 0 bridgehead atoms. The van der Waals surface area contributed by atoms with Gasteiger partial charge >= 0.3 is 0 Å². The van der Waals surface area contributed by atoms with Crippen LogP contribution in [0.25, 0.3) is 6.08 Å². The number of allylic oxidation sites excluding steroid dienone is 1. The van der Waals surface area contributed by atoms with Crippen LogP contribution in [0.5, 0.6) is 5.75 Å². The molecule has 1 rings (SSSR count). The van der Waals surface area contributed by atoms with Crippen LogP contribution >= 0.6 is 0 Å². The number of phenols is 1. The topological polar surface area (TPSA) is 63.4 Å². The van der Waals surface area contributed by atoms with E-state index in [1.165, 1.54) is 19.1 Å². The summed E-state index contributed by atoms with van der Waals surface area (Å²) < 4.78 is 0. The summed E-state index contributed by atoms with van der Waals surface area (Å²) >= 11 is 0. The largest absolute Gasteiger partial charge is 0.507 e. The molecule has 14 heavy (non-hydrogen) atoms. The molecular weight excluding hydrogens is 182 g/mol. The molecule has 0 saturated heterocycles. The highest BCUT2D eigenvalue weighted by atomic mass is 16.6. The summed E-state index contributed by atoms with van der Waals surface area (Å²) in [6.07, 6.45) is 1.35. The Bertz CT molecular complexity index is 396. The number of aromatic hydroxyl groups is 1. The van der Waals surface area contributed by atoms with E-state index in [0.29, 0.717) is 5.56 Å². The Kier molecular flexibility index (Phi) is 2.86. The van der Waals surface area contributed by atoms with Crippen LogP contribution in [0.15, 0.2) is 23.9 Å². The number of hydrogen-bond acceptors (Lipinski definition) is 3. The first kappa shape index (κ1) is 10.2. The Morgan fingerprint density at radius 1 is 1.57 bits per heavy atom. The fourth-order valence-corrected chi connectivity index (χ4v) is 1.07. The van der Waals surface area contributed by atoms with Gasteiger partial charge in [-0.2, -0.15) is 0 Å². The molecule has 0 amide bonds. The normalized spacial score (nSPS) is 11.4. The van der Waals surface area contributed by atoms with E-state index in [4.69, 9.17) is 0 Å². The average Bonchev–Trinajstić information content (AvgIpc) is 2.11. The molecular formula is C10H11NO3. The summed E-state index contributed by atoms with van der Waals surface area (Å²) in [6.45, 7) is 3.25. The van der Waals surface area contributed by atoms with Gasteiger partial charge in [-0.3, -0.25) is 10.1 Å². The molecule has 0 radical (unpaired) electrons. The zero-order valence-corrected chi connectivity index (χ0v) is 8.02. The molecule has 0 aliphatic rings. The standard InChI is InChI=1S/C10H11NO3/c1-7-3-4-10(12)9(5-7)6-8(2)11(13)14/h3-6,12H,1-2H3. The van der Waals surface area contributed by atoms with Gasteiger partial charge in [-0.25, -0.2) is 0 Å². The molecule has 0 aliphatic heterocycles. The van der Waals surface area contributed by atoms with Crippen molar-refractivity contribution >= 4 is 6.08 Å². The lowest BCUT2D eigenvalue weighted by atomic mass is 10.1. The van der Waals surface area contributed by atoms with Gasteiger partial charge in [0.1, 0.15) is 5.75 Å². The van der Waals surface area contributed by atoms with E-state index in [2.05, 4.69) is 0 Å². The molecule has 0 atom stereocenters. The van der Waals surface area contributed by atoms with Crippen molar-refractivity contribution in [2.45, 2.75) is 13.8 Å². The number of hydrogen-bond donors (Lipinski definition) is 1. The van der Waals surface area contributed by atoms with Crippen molar-refractivity contribution in [3.8, 4) is 5.75 Å². The van der Waals surface area contributed by atoms with Gasteiger partial charge in [-0.1, -0.05) is 11.6 Å². The maximum absolute atomic E-state index is 10.4. The highest BCUT2D eigenvalue weighted by Crippen LogP contribution is 2.20. The zero-order valence-electron chi connectivity index (χ0n) is 8.02.